The topological polar surface area (TPSA) is 76.1 Å². The Kier molecular flexibility index (Phi) is 4.66. The number of pyridine rings is 1. The molecule has 1 saturated carbocycles. The summed E-state index contributed by atoms with van der Waals surface area (Å²) in [5.41, 5.74) is 1.57. The zero-order chi connectivity index (χ0) is 17.2. The fourth-order valence-corrected chi connectivity index (χ4v) is 4.19. The van der Waals surface area contributed by atoms with Gasteiger partial charge in [-0.3, -0.25) is 9.78 Å². The van der Waals surface area contributed by atoms with Gasteiger partial charge in [0.05, 0.1) is 4.90 Å². The first-order valence-corrected chi connectivity index (χ1v) is 9.51. The highest BCUT2D eigenvalue weighted by Crippen LogP contribution is 2.31. The van der Waals surface area contributed by atoms with Crippen molar-refractivity contribution >= 4 is 15.7 Å². The van der Waals surface area contributed by atoms with Crippen molar-refractivity contribution in [3.8, 4) is 0 Å². The number of benzene rings is 1. The SMILES string of the molecule is Cc1ccc(S(=O)(=O)[C@H](CNC(=O)C2CC2)c2cccnc2)cc1. The number of carbonyl (C=O) groups is 1. The van der Waals surface area contributed by atoms with Crippen molar-refractivity contribution in [2.45, 2.75) is 29.9 Å². The van der Waals surface area contributed by atoms with E-state index in [1.54, 1.807) is 48.8 Å². The first-order valence-electron chi connectivity index (χ1n) is 7.96. The Morgan fingerprint density at radius 3 is 2.54 bits per heavy atom. The lowest BCUT2D eigenvalue weighted by molar-refractivity contribution is -0.122. The average molecular weight is 344 g/mol. The Morgan fingerprint density at radius 2 is 1.96 bits per heavy atom. The highest BCUT2D eigenvalue weighted by molar-refractivity contribution is 7.91. The molecule has 1 heterocycles. The van der Waals surface area contributed by atoms with Gasteiger partial charge in [-0.15, -0.1) is 0 Å². The van der Waals surface area contributed by atoms with Gasteiger partial charge in [0.25, 0.3) is 0 Å². The van der Waals surface area contributed by atoms with Crippen LogP contribution in [0.1, 0.15) is 29.2 Å². The monoisotopic (exact) mass is 344 g/mol. The van der Waals surface area contributed by atoms with Gasteiger partial charge in [-0.1, -0.05) is 23.8 Å². The molecule has 1 atom stereocenters. The Bertz CT molecular complexity index is 813. The fourth-order valence-electron chi connectivity index (χ4n) is 2.55. The summed E-state index contributed by atoms with van der Waals surface area (Å²) in [4.78, 5) is 16.2. The molecule has 0 bridgehead atoms. The Balaban J connectivity index is 1.90. The van der Waals surface area contributed by atoms with E-state index in [1.165, 1.54) is 0 Å². The third-order valence-corrected chi connectivity index (χ3v) is 6.31. The highest BCUT2D eigenvalue weighted by Gasteiger charge is 2.33. The largest absolute Gasteiger partial charge is 0.354 e. The molecule has 1 aromatic heterocycles. The van der Waals surface area contributed by atoms with Crippen LogP contribution in [-0.2, 0) is 14.6 Å². The van der Waals surface area contributed by atoms with E-state index in [9.17, 15) is 13.2 Å². The zero-order valence-electron chi connectivity index (χ0n) is 13.5. The molecule has 126 valence electrons. The minimum absolute atomic E-state index is 0.0432. The molecule has 3 rings (SSSR count). The third-order valence-electron chi connectivity index (χ3n) is 4.19. The maximum absolute atomic E-state index is 13.1. The van der Waals surface area contributed by atoms with Gasteiger partial charge in [0, 0.05) is 24.9 Å². The van der Waals surface area contributed by atoms with Crippen LogP contribution in [-0.4, -0.2) is 25.9 Å². The van der Waals surface area contributed by atoms with Gasteiger partial charge in [0.15, 0.2) is 9.84 Å². The van der Waals surface area contributed by atoms with Crippen molar-refractivity contribution < 1.29 is 13.2 Å². The Morgan fingerprint density at radius 1 is 1.25 bits per heavy atom. The lowest BCUT2D eigenvalue weighted by atomic mass is 10.2. The van der Waals surface area contributed by atoms with Gasteiger partial charge >= 0.3 is 0 Å². The van der Waals surface area contributed by atoms with Gasteiger partial charge in [-0.2, -0.15) is 0 Å². The normalized spacial score (nSPS) is 15.7. The predicted octanol–water partition coefficient (Wildman–Crippen LogP) is 2.43. The molecule has 1 N–H and O–H groups in total. The highest BCUT2D eigenvalue weighted by atomic mass is 32.2. The number of nitrogens with one attached hydrogen (secondary N) is 1. The molecule has 0 spiro atoms. The molecule has 0 aliphatic heterocycles. The summed E-state index contributed by atoms with van der Waals surface area (Å²) in [6, 6.07) is 10.2. The van der Waals surface area contributed by atoms with Crippen LogP contribution in [0, 0.1) is 12.8 Å². The van der Waals surface area contributed by atoms with Crippen molar-refractivity contribution in [2.24, 2.45) is 5.92 Å². The van der Waals surface area contributed by atoms with Crippen molar-refractivity contribution in [2.75, 3.05) is 6.54 Å². The Labute approximate surface area is 142 Å². The standard InChI is InChI=1S/C18H20N2O3S/c1-13-4-8-16(9-5-13)24(22,23)17(15-3-2-10-19-11-15)12-20-18(21)14-6-7-14/h2-5,8-11,14,17H,6-7,12H2,1H3,(H,20,21)/t17-/m1/s1. The molecule has 0 radical (unpaired) electrons. The fraction of sp³-hybridized carbons (Fsp3) is 0.333. The second-order valence-corrected chi connectivity index (χ2v) is 8.28. The predicted molar refractivity (Wildman–Crippen MR) is 91.1 cm³/mol. The summed E-state index contributed by atoms with van der Waals surface area (Å²) < 4.78 is 26.1. The average Bonchev–Trinajstić information content (AvgIpc) is 3.41. The lowest BCUT2D eigenvalue weighted by Gasteiger charge is -2.19. The number of rotatable bonds is 6. The minimum Gasteiger partial charge on any atom is -0.354 e. The molecule has 1 aliphatic carbocycles. The van der Waals surface area contributed by atoms with Gasteiger partial charge < -0.3 is 5.32 Å². The number of hydrogen-bond donors (Lipinski definition) is 1. The molecule has 0 unspecified atom stereocenters. The van der Waals surface area contributed by atoms with Crippen LogP contribution in [0.15, 0.2) is 53.7 Å². The number of aryl methyl sites for hydroxylation is 1. The minimum atomic E-state index is -3.63. The van der Waals surface area contributed by atoms with E-state index >= 15 is 0 Å². The van der Waals surface area contributed by atoms with E-state index in [1.807, 2.05) is 6.92 Å². The number of aromatic nitrogens is 1. The second kappa shape index (κ2) is 6.73. The molecule has 1 aliphatic rings. The summed E-state index contributed by atoms with van der Waals surface area (Å²) in [6.45, 7) is 1.96. The van der Waals surface area contributed by atoms with Gasteiger partial charge in [-0.05, 0) is 43.5 Å². The van der Waals surface area contributed by atoms with E-state index in [0.717, 1.165) is 18.4 Å². The number of nitrogens with zero attached hydrogens (tertiary/aromatic N) is 1. The maximum Gasteiger partial charge on any atom is 0.223 e. The number of sulfone groups is 1. The summed E-state index contributed by atoms with van der Waals surface area (Å²) in [6.07, 6.45) is 4.91. The quantitative estimate of drug-likeness (QED) is 0.873. The van der Waals surface area contributed by atoms with Crippen molar-refractivity contribution in [3.63, 3.8) is 0 Å². The lowest BCUT2D eigenvalue weighted by Crippen LogP contribution is -2.32. The number of carbonyl (C=O) groups excluding carboxylic acids is 1. The van der Waals surface area contributed by atoms with Gasteiger partial charge in [-0.25, -0.2) is 8.42 Å². The van der Waals surface area contributed by atoms with Crippen LogP contribution < -0.4 is 5.32 Å². The van der Waals surface area contributed by atoms with E-state index in [-0.39, 0.29) is 23.3 Å². The van der Waals surface area contributed by atoms with Gasteiger partial charge in [0.2, 0.25) is 5.91 Å². The van der Waals surface area contributed by atoms with E-state index < -0.39 is 15.1 Å². The molecule has 5 nitrogen and oxygen atoms in total. The van der Waals surface area contributed by atoms with Crippen molar-refractivity contribution in [1.29, 1.82) is 0 Å². The van der Waals surface area contributed by atoms with E-state index in [4.69, 9.17) is 0 Å². The summed E-state index contributed by atoms with van der Waals surface area (Å²) in [5, 5.41) is 1.93. The van der Waals surface area contributed by atoms with E-state index in [2.05, 4.69) is 10.3 Å². The first-order chi connectivity index (χ1) is 11.5. The van der Waals surface area contributed by atoms with Crippen LogP contribution in [0.3, 0.4) is 0 Å². The summed E-state index contributed by atoms with van der Waals surface area (Å²) >= 11 is 0. The molecule has 1 amide bonds. The molecular weight excluding hydrogens is 324 g/mol. The van der Waals surface area contributed by atoms with Crippen molar-refractivity contribution in [3.05, 3.63) is 59.9 Å². The molecule has 6 heteroatoms. The van der Waals surface area contributed by atoms with E-state index in [0.29, 0.717) is 5.56 Å². The Hall–Kier alpha value is -2.21. The summed E-state index contributed by atoms with van der Waals surface area (Å²) in [7, 11) is -3.63. The molecule has 1 aromatic carbocycles. The summed E-state index contributed by atoms with van der Waals surface area (Å²) in [5.74, 6) is -0.0235. The second-order valence-electron chi connectivity index (χ2n) is 6.15. The number of amides is 1. The van der Waals surface area contributed by atoms with Crippen LogP contribution in [0.25, 0.3) is 0 Å². The number of hydrogen-bond acceptors (Lipinski definition) is 4. The smallest absolute Gasteiger partial charge is 0.223 e. The molecule has 0 saturated heterocycles. The van der Waals surface area contributed by atoms with Crippen LogP contribution in [0.4, 0.5) is 0 Å². The molecule has 2 aromatic rings. The molecule has 24 heavy (non-hydrogen) atoms. The first kappa shape index (κ1) is 16.6. The zero-order valence-corrected chi connectivity index (χ0v) is 14.3. The van der Waals surface area contributed by atoms with Crippen LogP contribution >= 0.6 is 0 Å². The van der Waals surface area contributed by atoms with Gasteiger partial charge in [0.1, 0.15) is 5.25 Å². The molecular formula is C18H20N2O3S. The molecule has 1 fully saturated rings. The van der Waals surface area contributed by atoms with Crippen LogP contribution in [0.2, 0.25) is 0 Å². The third kappa shape index (κ3) is 3.64. The van der Waals surface area contributed by atoms with Crippen LogP contribution in [0.5, 0.6) is 0 Å². The maximum atomic E-state index is 13.1. The van der Waals surface area contributed by atoms with Crippen molar-refractivity contribution in [1.82, 2.24) is 10.3 Å².